The fraction of sp³-hybridized carbons (Fsp3) is 0.588. The molecule has 0 saturated heterocycles. The highest BCUT2D eigenvalue weighted by molar-refractivity contribution is 5.96. The molecule has 0 bridgehead atoms. The van der Waals surface area contributed by atoms with Crippen LogP contribution in [0.25, 0.3) is 0 Å². The number of hydrogen-bond donors (Lipinski definition) is 1. The van der Waals surface area contributed by atoms with E-state index in [0.717, 1.165) is 6.42 Å². The first-order chi connectivity index (χ1) is 10.2. The van der Waals surface area contributed by atoms with Crippen LogP contribution in [0.2, 0.25) is 0 Å². The van der Waals surface area contributed by atoms with Crippen LogP contribution in [-0.2, 0) is 4.74 Å². The largest absolute Gasteiger partial charge is 0.496 e. The van der Waals surface area contributed by atoms with E-state index in [4.69, 9.17) is 9.47 Å². The number of nitrogens with one attached hydrogen (secondary N) is 1. The first kappa shape index (κ1) is 15.8. The Bertz CT molecular complexity index is 461. The lowest BCUT2D eigenvalue weighted by Gasteiger charge is -2.28. The lowest BCUT2D eigenvalue weighted by molar-refractivity contribution is -0.00294. The zero-order valence-corrected chi connectivity index (χ0v) is 12.9. The Kier molecular flexibility index (Phi) is 6.05. The predicted molar refractivity (Wildman–Crippen MR) is 82.7 cm³/mol. The third-order valence-electron chi connectivity index (χ3n) is 4.10. The number of benzene rings is 1. The summed E-state index contributed by atoms with van der Waals surface area (Å²) in [5.41, 5.74) is 0.561. The lowest BCUT2D eigenvalue weighted by atomic mass is 9.88. The fourth-order valence-corrected chi connectivity index (χ4v) is 2.83. The number of carbonyl (C=O) groups excluding carboxylic acids is 1. The van der Waals surface area contributed by atoms with Crippen LogP contribution in [0.3, 0.4) is 0 Å². The fourth-order valence-electron chi connectivity index (χ4n) is 2.83. The number of rotatable bonds is 6. The molecule has 1 amide bonds. The third-order valence-corrected chi connectivity index (χ3v) is 4.10. The zero-order valence-electron chi connectivity index (χ0n) is 12.9. The summed E-state index contributed by atoms with van der Waals surface area (Å²) in [5.74, 6) is 1.10. The van der Waals surface area contributed by atoms with Crippen molar-refractivity contribution in [3.63, 3.8) is 0 Å². The third kappa shape index (κ3) is 4.46. The van der Waals surface area contributed by atoms with Gasteiger partial charge in [-0.05, 0) is 30.9 Å². The van der Waals surface area contributed by atoms with Crippen LogP contribution in [0.4, 0.5) is 0 Å². The Morgan fingerprint density at radius 2 is 2.05 bits per heavy atom. The van der Waals surface area contributed by atoms with Crippen LogP contribution in [-0.4, -0.2) is 32.3 Å². The summed E-state index contributed by atoms with van der Waals surface area (Å²) in [6.45, 7) is 3.34. The average Bonchev–Trinajstić information content (AvgIpc) is 2.52. The number of ether oxygens (including phenoxy) is 2. The minimum absolute atomic E-state index is 0.118. The number of amides is 1. The Morgan fingerprint density at radius 3 is 2.81 bits per heavy atom. The first-order valence-electron chi connectivity index (χ1n) is 7.75. The second-order valence-corrected chi connectivity index (χ2v) is 5.63. The SMILES string of the molecule is COc1ccccc1C(=O)NCCO[C@@H]1CCCC[C@H]1C. The van der Waals surface area contributed by atoms with Gasteiger partial charge in [-0.2, -0.15) is 0 Å². The van der Waals surface area contributed by atoms with E-state index in [1.54, 1.807) is 19.2 Å². The Morgan fingerprint density at radius 1 is 1.29 bits per heavy atom. The van der Waals surface area contributed by atoms with Gasteiger partial charge in [-0.1, -0.05) is 31.9 Å². The van der Waals surface area contributed by atoms with Crippen LogP contribution in [0.15, 0.2) is 24.3 Å². The van der Waals surface area contributed by atoms with Crippen molar-refractivity contribution in [3.8, 4) is 5.75 Å². The number of para-hydroxylation sites is 1. The molecule has 2 atom stereocenters. The zero-order chi connectivity index (χ0) is 15.1. The summed E-state index contributed by atoms with van der Waals surface area (Å²) >= 11 is 0. The van der Waals surface area contributed by atoms with Crippen LogP contribution >= 0.6 is 0 Å². The Hall–Kier alpha value is -1.55. The second kappa shape index (κ2) is 8.03. The number of carbonyl (C=O) groups is 1. The standard InChI is InChI=1S/C17H25NO3/c1-13-7-3-5-9-15(13)21-12-11-18-17(19)14-8-4-6-10-16(14)20-2/h4,6,8,10,13,15H,3,5,7,9,11-12H2,1-2H3,(H,18,19)/t13-,15-/m1/s1. The van der Waals surface area contributed by atoms with Crippen molar-refractivity contribution in [3.05, 3.63) is 29.8 Å². The van der Waals surface area contributed by atoms with Crippen LogP contribution in [0, 0.1) is 5.92 Å². The monoisotopic (exact) mass is 291 g/mol. The summed E-state index contributed by atoms with van der Waals surface area (Å²) in [5, 5.41) is 2.88. The van der Waals surface area contributed by atoms with Crippen molar-refractivity contribution in [1.82, 2.24) is 5.32 Å². The van der Waals surface area contributed by atoms with Crippen LogP contribution < -0.4 is 10.1 Å². The van der Waals surface area contributed by atoms with Crippen molar-refractivity contribution in [2.24, 2.45) is 5.92 Å². The molecule has 1 saturated carbocycles. The topological polar surface area (TPSA) is 47.6 Å². The van der Waals surface area contributed by atoms with Gasteiger partial charge in [0.1, 0.15) is 5.75 Å². The van der Waals surface area contributed by atoms with Crippen LogP contribution in [0.5, 0.6) is 5.75 Å². The van der Waals surface area contributed by atoms with E-state index in [1.807, 2.05) is 12.1 Å². The summed E-state index contributed by atoms with van der Waals surface area (Å²) < 4.78 is 11.1. The molecule has 0 radical (unpaired) electrons. The summed E-state index contributed by atoms with van der Waals surface area (Å²) in [6, 6.07) is 7.23. The molecule has 1 aromatic carbocycles. The van der Waals surface area contributed by atoms with Crippen LogP contribution in [0.1, 0.15) is 43.0 Å². The van der Waals surface area contributed by atoms with E-state index in [0.29, 0.717) is 36.5 Å². The molecule has 4 heteroatoms. The highest BCUT2D eigenvalue weighted by atomic mass is 16.5. The van der Waals surface area contributed by atoms with Gasteiger partial charge in [0, 0.05) is 6.54 Å². The van der Waals surface area contributed by atoms with Crippen molar-refractivity contribution < 1.29 is 14.3 Å². The molecule has 0 unspecified atom stereocenters. The predicted octanol–water partition coefficient (Wildman–Crippen LogP) is 3.02. The molecule has 0 aromatic heterocycles. The summed E-state index contributed by atoms with van der Waals surface area (Å²) in [4.78, 5) is 12.1. The maximum absolute atomic E-state index is 12.1. The molecule has 2 rings (SSSR count). The molecule has 1 fully saturated rings. The van der Waals surface area contributed by atoms with Crippen molar-refractivity contribution in [2.75, 3.05) is 20.3 Å². The van der Waals surface area contributed by atoms with E-state index in [9.17, 15) is 4.79 Å². The first-order valence-corrected chi connectivity index (χ1v) is 7.75. The molecular formula is C17H25NO3. The average molecular weight is 291 g/mol. The number of methoxy groups -OCH3 is 1. The molecular weight excluding hydrogens is 266 g/mol. The van der Waals surface area contributed by atoms with E-state index in [2.05, 4.69) is 12.2 Å². The maximum Gasteiger partial charge on any atom is 0.255 e. The highest BCUT2D eigenvalue weighted by Gasteiger charge is 2.21. The van der Waals surface area contributed by atoms with Gasteiger partial charge in [0.2, 0.25) is 0 Å². The molecule has 0 spiro atoms. The molecule has 21 heavy (non-hydrogen) atoms. The van der Waals surface area contributed by atoms with E-state index < -0.39 is 0 Å². The minimum Gasteiger partial charge on any atom is -0.496 e. The van der Waals surface area contributed by atoms with Gasteiger partial charge in [0.15, 0.2) is 0 Å². The van der Waals surface area contributed by atoms with Gasteiger partial charge in [0.25, 0.3) is 5.91 Å². The highest BCUT2D eigenvalue weighted by Crippen LogP contribution is 2.26. The summed E-state index contributed by atoms with van der Waals surface area (Å²) in [6.07, 6.45) is 5.30. The Balaban J connectivity index is 1.74. The van der Waals surface area contributed by atoms with E-state index in [1.165, 1.54) is 19.3 Å². The van der Waals surface area contributed by atoms with Gasteiger partial charge in [0.05, 0.1) is 25.4 Å². The second-order valence-electron chi connectivity index (χ2n) is 5.63. The van der Waals surface area contributed by atoms with Gasteiger partial charge in [-0.15, -0.1) is 0 Å². The van der Waals surface area contributed by atoms with Gasteiger partial charge < -0.3 is 14.8 Å². The van der Waals surface area contributed by atoms with Crippen molar-refractivity contribution >= 4 is 5.91 Å². The van der Waals surface area contributed by atoms with Crippen molar-refractivity contribution in [1.29, 1.82) is 0 Å². The van der Waals surface area contributed by atoms with Gasteiger partial charge in [-0.25, -0.2) is 0 Å². The lowest BCUT2D eigenvalue weighted by Crippen LogP contribution is -2.32. The summed E-state index contributed by atoms with van der Waals surface area (Å²) in [7, 11) is 1.57. The molecule has 1 aliphatic rings. The quantitative estimate of drug-likeness (QED) is 0.820. The minimum atomic E-state index is -0.118. The molecule has 116 valence electrons. The Labute approximate surface area is 126 Å². The molecule has 0 aliphatic heterocycles. The molecule has 1 aliphatic carbocycles. The molecule has 0 heterocycles. The van der Waals surface area contributed by atoms with E-state index in [-0.39, 0.29) is 5.91 Å². The maximum atomic E-state index is 12.1. The van der Waals surface area contributed by atoms with Crippen molar-refractivity contribution in [2.45, 2.75) is 38.7 Å². The molecule has 1 N–H and O–H groups in total. The smallest absolute Gasteiger partial charge is 0.255 e. The van der Waals surface area contributed by atoms with E-state index >= 15 is 0 Å². The molecule has 1 aromatic rings. The normalized spacial score (nSPS) is 21.8. The number of hydrogen-bond acceptors (Lipinski definition) is 3. The van der Waals surface area contributed by atoms with Gasteiger partial charge in [-0.3, -0.25) is 4.79 Å². The van der Waals surface area contributed by atoms with Gasteiger partial charge >= 0.3 is 0 Å². The molecule has 4 nitrogen and oxygen atoms in total.